The molecule has 0 spiro atoms. The van der Waals surface area contributed by atoms with Crippen LogP contribution < -0.4 is 0 Å². The summed E-state index contributed by atoms with van der Waals surface area (Å²) in [5, 5.41) is 0. The minimum absolute atomic E-state index is 0.0829. The van der Waals surface area contributed by atoms with Crippen LogP contribution in [0.2, 0.25) is 0 Å². The molecule has 7 heteroatoms. The largest absolute Gasteiger partial charge is 0.398 e. The molecular formula is C7H13NO5S. The molecule has 0 aromatic heterocycles. The zero-order valence-corrected chi connectivity index (χ0v) is 8.82. The van der Waals surface area contributed by atoms with E-state index in [0.29, 0.717) is 6.54 Å². The number of likely N-dealkylation sites (N-methyl/N-ethyl adjacent to an activating group) is 1. The maximum absolute atomic E-state index is 11.2. The molecule has 2 unspecified atom stereocenters. The first kappa shape index (κ1) is 11.6. The highest BCUT2D eigenvalue weighted by Gasteiger charge is 2.40. The third-order valence-corrected chi connectivity index (χ3v) is 2.72. The first-order chi connectivity index (χ1) is 6.35. The highest BCUT2D eigenvalue weighted by atomic mass is 32.3. The van der Waals surface area contributed by atoms with Gasteiger partial charge in [0.05, 0.1) is 12.5 Å². The number of hydrogen-bond donors (Lipinski definition) is 1. The minimum Gasteiger partial charge on any atom is -0.298 e. The van der Waals surface area contributed by atoms with E-state index in [-0.39, 0.29) is 12.3 Å². The van der Waals surface area contributed by atoms with Crippen LogP contribution >= 0.6 is 0 Å². The molecule has 14 heavy (non-hydrogen) atoms. The van der Waals surface area contributed by atoms with Gasteiger partial charge in [0, 0.05) is 0 Å². The Bertz CT molecular complexity index is 325. The van der Waals surface area contributed by atoms with Crippen molar-refractivity contribution in [3.63, 3.8) is 0 Å². The quantitative estimate of drug-likeness (QED) is 0.660. The minimum atomic E-state index is -4.50. The van der Waals surface area contributed by atoms with E-state index in [9.17, 15) is 13.2 Å². The predicted molar refractivity (Wildman–Crippen MR) is 47.8 cm³/mol. The lowest BCUT2D eigenvalue weighted by atomic mass is 10.1. The lowest BCUT2D eigenvalue weighted by molar-refractivity contribution is -0.120. The normalized spacial score (nSPS) is 29.8. The topological polar surface area (TPSA) is 83.9 Å². The van der Waals surface area contributed by atoms with E-state index in [0.717, 1.165) is 0 Å². The Labute approximate surface area is 82.8 Å². The van der Waals surface area contributed by atoms with Gasteiger partial charge in [0.1, 0.15) is 6.23 Å². The average Bonchev–Trinajstić information content (AvgIpc) is 2.30. The zero-order valence-electron chi connectivity index (χ0n) is 8.00. The average molecular weight is 223 g/mol. The summed E-state index contributed by atoms with van der Waals surface area (Å²) in [6.45, 7) is 4.02. The van der Waals surface area contributed by atoms with Crippen LogP contribution in [0.3, 0.4) is 0 Å². The van der Waals surface area contributed by atoms with E-state index in [4.69, 9.17) is 4.55 Å². The van der Waals surface area contributed by atoms with Crippen LogP contribution in [0.25, 0.3) is 0 Å². The van der Waals surface area contributed by atoms with Crippen molar-refractivity contribution in [2.24, 2.45) is 5.92 Å². The summed E-state index contributed by atoms with van der Waals surface area (Å²) in [4.78, 5) is 12.8. The molecule has 0 bridgehead atoms. The van der Waals surface area contributed by atoms with Crippen molar-refractivity contribution in [2.75, 3.05) is 13.1 Å². The number of likely N-dealkylation sites (tertiary alicyclic amines) is 1. The van der Waals surface area contributed by atoms with E-state index in [1.165, 1.54) is 0 Å². The van der Waals surface area contributed by atoms with Crippen LogP contribution in [0.5, 0.6) is 0 Å². The Morgan fingerprint density at radius 2 is 2.21 bits per heavy atom. The summed E-state index contributed by atoms with van der Waals surface area (Å²) < 4.78 is 33.9. The van der Waals surface area contributed by atoms with Gasteiger partial charge < -0.3 is 0 Å². The molecule has 1 aliphatic rings. The van der Waals surface area contributed by atoms with Gasteiger partial charge in [-0.3, -0.25) is 14.2 Å². The molecule has 0 aromatic rings. The van der Waals surface area contributed by atoms with Gasteiger partial charge in [0.25, 0.3) is 0 Å². The number of carbonyl (C=O) groups excluding carboxylic acids is 1. The van der Waals surface area contributed by atoms with Crippen LogP contribution in [0.15, 0.2) is 0 Å². The molecule has 0 aromatic carbocycles. The molecule has 1 aliphatic heterocycles. The first-order valence-electron chi connectivity index (χ1n) is 4.27. The Morgan fingerprint density at radius 3 is 2.64 bits per heavy atom. The highest BCUT2D eigenvalue weighted by Crippen LogP contribution is 2.22. The Kier molecular flexibility index (Phi) is 3.25. The first-order valence-corrected chi connectivity index (χ1v) is 5.64. The van der Waals surface area contributed by atoms with Crippen LogP contribution in [0.1, 0.15) is 13.8 Å². The van der Waals surface area contributed by atoms with Gasteiger partial charge in [-0.2, -0.15) is 8.42 Å². The summed E-state index contributed by atoms with van der Waals surface area (Å²) in [5.41, 5.74) is 0. The second kappa shape index (κ2) is 3.93. The van der Waals surface area contributed by atoms with Gasteiger partial charge in [-0.15, -0.1) is 0 Å². The molecule has 6 nitrogen and oxygen atoms in total. The molecule has 0 radical (unpaired) electrons. The number of rotatable bonds is 3. The fraction of sp³-hybridized carbons (Fsp3) is 0.857. The van der Waals surface area contributed by atoms with Crippen molar-refractivity contribution in [3.05, 3.63) is 0 Å². The number of carbonyl (C=O) groups is 1. The van der Waals surface area contributed by atoms with Crippen molar-refractivity contribution in [3.8, 4) is 0 Å². The van der Waals surface area contributed by atoms with Crippen molar-refractivity contribution in [2.45, 2.75) is 20.1 Å². The van der Waals surface area contributed by atoms with Gasteiger partial charge in [0.2, 0.25) is 0 Å². The fourth-order valence-electron chi connectivity index (χ4n) is 1.47. The van der Waals surface area contributed by atoms with E-state index in [1.807, 2.05) is 0 Å². The van der Waals surface area contributed by atoms with Crippen LogP contribution in [0, 0.1) is 5.92 Å². The van der Waals surface area contributed by atoms with Crippen molar-refractivity contribution in [1.82, 2.24) is 4.90 Å². The molecule has 0 amide bonds. The van der Waals surface area contributed by atoms with Gasteiger partial charge in [-0.25, -0.2) is 4.18 Å². The molecule has 2 atom stereocenters. The number of ketones is 1. The van der Waals surface area contributed by atoms with Crippen molar-refractivity contribution in [1.29, 1.82) is 0 Å². The second-order valence-corrected chi connectivity index (χ2v) is 4.28. The number of nitrogens with zero attached hydrogens (tertiary/aromatic N) is 1. The molecule has 82 valence electrons. The van der Waals surface area contributed by atoms with E-state index >= 15 is 0 Å². The smallest absolute Gasteiger partial charge is 0.298 e. The van der Waals surface area contributed by atoms with Gasteiger partial charge in [-0.1, -0.05) is 13.8 Å². The standard InChI is InChI=1S/C7H13NO5S/c1-3-8-4-6(9)5(2)7(8)13-14(10,11)12/h5,7H,3-4H2,1-2H3,(H,10,11,12). The Morgan fingerprint density at radius 1 is 1.64 bits per heavy atom. The van der Waals surface area contributed by atoms with E-state index in [1.54, 1.807) is 18.7 Å². The highest BCUT2D eigenvalue weighted by molar-refractivity contribution is 7.80. The predicted octanol–water partition coefficient (Wildman–Crippen LogP) is -0.327. The van der Waals surface area contributed by atoms with Gasteiger partial charge >= 0.3 is 10.4 Å². The monoisotopic (exact) mass is 223 g/mol. The summed E-state index contributed by atoms with van der Waals surface area (Å²) in [6.07, 6.45) is -0.873. The molecule has 1 heterocycles. The van der Waals surface area contributed by atoms with Crippen molar-refractivity contribution >= 4 is 16.2 Å². The third kappa shape index (κ3) is 2.50. The lowest BCUT2D eigenvalue weighted by Crippen LogP contribution is -2.36. The van der Waals surface area contributed by atoms with Crippen molar-refractivity contribution < 1.29 is 21.9 Å². The Balaban J connectivity index is 2.79. The molecular weight excluding hydrogens is 210 g/mol. The third-order valence-electron chi connectivity index (χ3n) is 2.28. The fourth-order valence-corrected chi connectivity index (χ4v) is 2.01. The summed E-state index contributed by atoms with van der Waals surface area (Å²) >= 11 is 0. The van der Waals surface area contributed by atoms with Crippen LogP contribution in [0.4, 0.5) is 0 Å². The maximum Gasteiger partial charge on any atom is 0.398 e. The number of hydrogen-bond acceptors (Lipinski definition) is 5. The van der Waals surface area contributed by atoms with E-state index < -0.39 is 22.5 Å². The van der Waals surface area contributed by atoms with Crippen LogP contribution in [-0.2, 0) is 19.4 Å². The summed E-state index contributed by atoms with van der Waals surface area (Å²) in [5.74, 6) is -0.614. The molecule has 1 fully saturated rings. The zero-order chi connectivity index (χ0) is 10.9. The SMILES string of the molecule is CCN1CC(=O)C(C)C1OS(=O)(=O)O. The van der Waals surface area contributed by atoms with Gasteiger partial charge in [-0.05, 0) is 6.54 Å². The lowest BCUT2D eigenvalue weighted by Gasteiger charge is -2.21. The maximum atomic E-state index is 11.2. The summed E-state index contributed by atoms with van der Waals surface area (Å²) in [6, 6.07) is 0. The molecule has 0 saturated carbocycles. The second-order valence-electron chi connectivity index (χ2n) is 3.23. The van der Waals surface area contributed by atoms with Crippen LogP contribution in [-0.4, -0.2) is 43.0 Å². The Hall–Kier alpha value is -0.500. The van der Waals surface area contributed by atoms with E-state index in [2.05, 4.69) is 4.18 Å². The van der Waals surface area contributed by atoms with Gasteiger partial charge in [0.15, 0.2) is 5.78 Å². The molecule has 1 saturated heterocycles. The molecule has 1 rings (SSSR count). The summed E-state index contributed by atoms with van der Waals surface area (Å²) in [7, 11) is -4.50. The molecule has 0 aliphatic carbocycles. The number of Topliss-reactive ketones (excluding diaryl/α,β-unsaturated/α-hetero) is 1. The molecule has 1 N–H and O–H groups in total.